The molecule has 1 aliphatic heterocycles. The van der Waals surface area contributed by atoms with Gasteiger partial charge in [0.1, 0.15) is 0 Å². The Morgan fingerprint density at radius 2 is 2.09 bits per heavy atom. The van der Waals surface area contributed by atoms with Crippen molar-refractivity contribution in [3.8, 4) is 0 Å². The van der Waals surface area contributed by atoms with Gasteiger partial charge >= 0.3 is 0 Å². The summed E-state index contributed by atoms with van der Waals surface area (Å²) in [6.45, 7) is 5.60. The number of nitrogens with zero attached hydrogens (tertiary/aromatic N) is 4. The lowest BCUT2D eigenvalue weighted by Crippen LogP contribution is -2.40. The van der Waals surface area contributed by atoms with E-state index >= 15 is 0 Å². The van der Waals surface area contributed by atoms with Crippen LogP contribution in [0.5, 0.6) is 0 Å². The van der Waals surface area contributed by atoms with Crippen molar-refractivity contribution in [2.45, 2.75) is 19.3 Å². The number of allylic oxidation sites excluding steroid dienone is 3. The molecule has 2 aromatic rings. The molecule has 1 unspecified atom stereocenters. The zero-order valence-electron chi connectivity index (χ0n) is 18.4. The predicted molar refractivity (Wildman–Crippen MR) is 128 cm³/mol. The number of likely N-dealkylation sites (tertiary alicyclic amines) is 1. The molecule has 2 fully saturated rings. The van der Waals surface area contributed by atoms with Crippen molar-refractivity contribution >= 4 is 35.2 Å². The molecule has 33 heavy (non-hydrogen) atoms. The number of carbonyl (C=O) groups excluding carboxylic acids is 2. The molecule has 1 aliphatic carbocycles. The standard InChI is InChI=1S/C25H27N5O3/c1-2-3-8-26-9-4-10-27-18-23(31)30-12-6-25(7-13-30)15-20(25)16-29-24(32)21-14-19-5-11-28-17-22(19)33-21/h2-5,8-11,14,17-18,20H,1,6-7,12-13,15-16H2,(H,29,32)/b8-3+,10-4+,26-9+,27-18?. The second kappa shape index (κ2) is 10.2. The van der Waals surface area contributed by atoms with Gasteiger partial charge in [0.2, 0.25) is 0 Å². The Bertz CT molecular complexity index is 1100. The Morgan fingerprint density at radius 1 is 1.27 bits per heavy atom. The lowest BCUT2D eigenvalue weighted by Gasteiger charge is -2.32. The third kappa shape index (κ3) is 5.52. The Hall–Kier alpha value is -3.81. The van der Waals surface area contributed by atoms with E-state index in [1.54, 1.807) is 49.1 Å². The summed E-state index contributed by atoms with van der Waals surface area (Å²) in [5.74, 6) is 0.464. The van der Waals surface area contributed by atoms with Gasteiger partial charge in [-0.05, 0) is 54.9 Å². The molecule has 0 bridgehead atoms. The molecule has 1 saturated carbocycles. The van der Waals surface area contributed by atoms with Gasteiger partial charge < -0.3 is 14.6 Å². The quantitative estimate of drug-likeness (QED) is 0.496. The number of fused-ring (bicyclic) bond motifs is 1. The van der Waals surface area contributed by atoms with Crippen molar-refractivity contribution in [2.24, 2.45) is 21.3 Å². The van der Waals surface area contributed by atoms with E-state index in [0.717, 1.165) is 24.6 Å². The first-order chi connectivity index (χ1) is 16.1. The Kier molecular flexibility index (Phi) is 6.92. The van der Waals surface area contributed by atoms with Gasteiger partial charge in [-0.15, -0.1) is 0 Å². The van der Waals surface area contributed by atoms with Crippen LogP contribution in [0.2, 0.25) is 0 Å². The third-order valence-electron chi connectivity index (χ3n) is 6.32. The summed E-state index contributed by atoms with van der Waals surface area (Å²) in [4.78, 5) is 38.7. The molecule has 2 aromatic heterocycles. The number of carbonyl (C=O) groups is 2. The highest BCUT2D eigenvalue weighted by Crippen LogP contribution is 2.59. The number of hydrogen-bond acceptors (Lipinski definition) is 6. The van der Waals surface area contributed by atoms with Gasteiger partial charge in [0, 0.05) is 49.8 Å². The summed E-state index contributed by atoms with van der Waals surface area (Å²) in [6.07, 6.45) is 17.3. The van der Waals surface area contributed by atoms with Gasteiger partial charge in [-0.1, -0.05) is 12.7 Å². The molecule has 1 N–H and O–H groups in total. The number of furan rings is 1. The highest BCUT2D eigenvalue weighted by atomic mass is 16.3. The van der Waals surface area contributed by atoms with Crippen molar-refractivity contribution in [1.29, 1.82) is 0 Å². The zero-order valence-corrected chi connectivity index (χ0v) is 18.4. The van der Waals surface area contributed by atoms with Crippen LogP contribution in [0.25, 0.3) is 11.0 Å². The Labute approximate surface area is 192 Å². The zero-order chi connectivity index (χ0) is 23.1. The molecule has 3 heterocycles. The van der Waals surface area contributed by atoms with Crippen molar-refractivity contribution < 1.29 is 14.0 Å². The fourth-order valence-electron chi connectivity index (χ4n) is 4.29. The molecular formula is C25H27N5O3. The molecule has 8 nitrogen and oxygen atoms in total. The minimum absolute atomic E-state index is 0.0807. The smallest absolute Gasteiger partial charge is 0.287 e. The van der Waals surface area contributed by atoms with Gasteiger partial charge in [-0.2, -0.15) is 0 Å². The minimum Gasteiger partial charge on any atom is -0.449 e. The Balaban J connectivity index is 1.19. The molecule has 2 aliphatic rings. The number of piperidine rings is 1. The van der Waals surface area contributed by atoms with E-state index < -0.39 is 0 Å². The van der Waals surface area contributed by atoms with Gasteiger partial charge in [-0.3, -0.25) is 24.6 Å². The van der Waals surface area contributed by atoms with E-state index in [4.69, 9.17) is 4.42 Å². The third-order valence-corrected chi connectivity index (χ3v) is 6.32. The summed E-state index contributed by atoms with van der Waals surface area (Å²) in [7, 11) is 0. The van der Waals surface area contributed by atoms with Crippen molar-refractivity contribution in [3.63, 3.8) is 0 Å². The molecule has 8 heteroatoms. The maximum absolute atomic E-state index is 12.5. The van der Waals surface area contributed by atoms with Gasteiger partial charge in [0.15, 0.2) is 11.3 Å². The molecule has 1 saturated heterocycles. The first-order valence-corrected chi connectivity index (χ1v) is 11.0. The van der Waals surface area contributed by atoms with E-state index in [1.807, 2.05) is 11.0 Å². The highest BCUT2D eigenvalue weighted by Gasteiger charge is 2.54. The van der Waals surface area contributed by atoms with Crippen LogP contribution in [0.3, 0.4) is 0 Å². The van der Waals surface area contributed by atoms with Crippen molar-refractivity contribution in [2.75, 3.05) is 19.6 Å². The van der Waals surface area contributed by atoms with Crippen LogP contribution in [0, 0.1) is 11.3 Å². The van der Waals surface area contributed by atoms with Gasteiger partial charge in [0.05, 0.1) is 12.4 Å². The lowest BCUT2D eigenvalue weighted by atomic mass is 9.90. The number of hydrogen-bond donors (Lipinski definition) is 1. The fourth-order valence-corrected chi connectivity index (χ4v) is 4.29. The highest BCUT2D eigenvalue weighted by molar-refractivity contribution is 6.26. The number of rotatable bonds is 8. The summed E-state index contributed by atoms with van der Waals surface area (Å²) < 4.78 is 5.58. The second-order valence-corrected chi connectivity index (χ2v) is 8.32. The molecule has 2 amide bonds. The van der Waals surface area contributed by atoms with Crippen LogP contribution in [-0.4, -0.2) is 53.8 Å². The number of pyridine rings is 1. The molecule has 1 spiro atoms. The molecule has 1 atom stereocenters. The average Bonchev–Trinajstić information content (AvgIpc) is 3.30. The maximum Gasteiger partial charge on any atom is 0.287 e. The van der Waals surface area contributed by atoms with E-state index in [9.17, 15) is 9.59 Å². The van der Waals surface area contributed by atoms with Gasteiger partial charge in [-0.25, -0.2) is 0 Å². The maximum atomic E-state index is 12.5. The lowest BCUT2D eigenvalue weighted by molar-refractivity contribution is -0.125. The molecule has 170 valence electrons. The summed E-state index contributed by atoms with van der Waals surface area (Å²) in [6, 6.07) is 3.56. The van der Waals surface area contributed by atoms with E-state index in [1.165, 1.54) is 12.4 Å². The van der Waals surface area contributed by atoms with E-state index in [-0.39, 0.29) is 17.2 Å². The summed E-state index contributed by atoms with van der Waals surface area (Å²) in [5, 5.41) is 3.86. The molecule has 0 radical (unpaired) electrons. The topological polar surface area (TPSA) is 100 Å². The van der Waals surface area contributed by atoms with E-state index in [0.29, 0.717) is 36.9 Å². The fraction of sp³-hybridized carbons (Fsp3) is 0.320. The number of aromatic nitrogens is 1. The SMILES string of the molecule is C=C/C=C/N=C/C=C/N=CC(=O)N1CCC2(CC1)CC2CNC(=O)c1cc2ccncc2o1. The number of aliphatic imine (C=N–C) groups is 2. The van der Waals surface area contributed by atoms with Crippen molar-refractivity contribution in [3.05, 3.63) is 67.5 Å². The minimum atomic E-state index is -0.202. The number of amides is 2. The van der Waals surface area contributed by atoms with Crippen molar-refractivity contribution in [1.82, 2.24) is 15.2 Å². The van der Waals surface area contributed by atoms with E-state index in [2.05, 4.69) is 26.9 Å². The first-order valence-electron chi connectivity index (χ1n) is 11.0. The monoisotopic (exact) mass is 445 g/mol. The first kappa shape index (κ1) is 22.4. The Morgan fingerprint density at radius 3 is 2.88 bits per heavy atom. The van der Waals surface area contributed by atoms with Crippen LogP contribution in [0.1, 0.15) is 29.8 Å². The van der Waals surface area contributed by atoms with Crippen LogP contribution >= 0.6 is 0 Å². The molecule has 0 aromatic carbocycles. The second-order valence-electron chi connectivity index (χ2n) is 8.32. The van der Waals surface area contributed by atoms with Gasteiger partial charge in [0.25, 0.3) is 11.8 Å². The van der Waals surface area contributed by atoms with Crippen LogP contribution < -0.4 is 5.32 Å². The van der Waals surface area contributed by atoms with Crippen LogP contribution in [0.15, 0.2) is 76.1 Å². The summed E-state index contributed by atoms with van der Waals surface area (Å²) >= 11 is 0. The predicted octanol–water partition coefficient (Wildman–Crippen LogP) is 3.54. The largest absolute Gasteiger partial charge is 0.449 e. The summed E-state index contributed by atoms with van der Waals surface area (Å²) in [5.41, 5.74) is 0.837. The van der Waals surface area contributed by atoms with Crippen LogP contribution in [0.4, 0.5) is 0 Å². The number of nitrogens with one attached hydrogen (secondary N) is 1. The molecular weight excluding hydrogens is 418 g/mol. The van der Waals surface area contributed by atoms with Crippen LogP contribution in [-0.2, 0) is 4.79 Å². The molecule has 4 rings (SSSR count). The average molecular weight is 446 g/mol. The normalized spacial score (nSPS) is 20.0.